The Hall–Kier alpha value is -0.650. The van der Waals surface area contributed by atoms with Crippen LogP contribution in [0, 0.1) is 0 Å². The van der Waals surface area contributed by atoms with Crippen molar-refractivity contribution in [3.8, 4) is 0 Å². The second kappa shape index (κ2) is 5.15. The van der Waals surface area contributed by atoms with Gasteiger partial charge in [-0.1, -0.05) is 0 Å². The maximum Gasteiger partial charge on any atom is 0.237 e. The summed E-state index contributed by atoms with van der Waals surface area (Å²) in [5, 5.41) is 0. The van der Waals surface area contributed by atoms with E-state index in [9.17, 15) is 4.79 Å². The van der Waals surface area contributed by atoms with Gasteiger partial charge in [-0.2, -0.15) is 0 Å². The van der Waals surface area contributed by atoms with Crippen molar-refractivity contribution in [2.45, 2.75) is 63.3 Å². The van der Waals surface area contributed by atoms with Crippen molar-refractivity contribution < 1.29 is 9.53 Å². The van der Waals surface area contributed by atoms with Crippen molar-refractivity contribution in [2.24, 2.45) is 11.5 Å². The zero-order valence-corrected chi connectivity index (χ0v) is 11.4. The predicted octanol–water partition coefficient (Wildman–Crippen LogP) is 0.221. The van der Waals surface area contributed by atoms with E-state index >= 15 is 0 Å². The summed E-state index contributed by atoms with van der Waals surface area (Å²) in [4.78, 5) is 13.9. The Kier molecular flexibility index (Phi) is 3.94. The number of nitrogens with two attached hydrogens (primary N) is 2. The third-order valence-corrected chi connectivity index (χ3v) is 4.22. The van der Waals surface area contributed by atoms with Crippen LogP contribution in [0.5, 0.6) is 0 Å². The Morgan fingerprint density at radius 1 is 1.33 bits per heavy atom. The first-order valence-electron chi connectivity index (χ1n) is 6.89. The lowest BCUT2D eigenvalue weighted by Gasteiger charge is -2.45. The Morgan fingerprint density at radius 2 is 1.94 bits per heavy atom. The van der Waals surface area contributed by atoms with Gasteiger partial charge in [-0.15, -0.1) is 0 Å². The Labute approximate surface area is 109 Å². The van der Waals surface area contributed by atoms with E-state index in [1.165, 1.54) is 0 Å². The highest BCUT2D eigenvalue weighted by Crippen LogP contribution is 2.30. The molecule has 0 spiro atoms. The number of nitrogens with zero attached hydrogens (tertiary/aromatic N) is 1. The van der Waals surface area contributed by atoms with Gasteiger partial charge in [-0.3, -0.25) is 9.69 Å². The van der Waals surface area contributed by atoms with Gasteiger partial charge in [0.2, 0.25) is 5.91 Å². The highest BCUT2D eigenvalue weighted by Gasteiger charge is 2.40. The van der Waals surface area contributed by atoms with Gasteiger partial charge < -0.3 is 16.2 Å². The lowest BCUT2D eigenvalue weighted by atomic mass is 9.78. The number of morpholine rings is 1. The normalized spacial score (nSPS) is 42.7. The summed E-state index contributed by atoms with van der Waals surface area (Å²) in [6.45, 7) is 6.03. The molecule has 4 atom stereocenters. The first-order chi connectivity index (χ1) is 8.40. The van der Waals surface area contributed by atoms with Crippen LogP contribution < -0.4 is 11.5 Å². The molecule has 0 radical (unpaired) electrons. The fourth-order valence-corrected chi connectivity index (χ4v) is 3.33. The van der Waals surface area contributed by atoms with Crippen molar-refractivity contribution in [2.75, 3.05) is 13.1 Å². The minimum absolute atomic E-state index is 0.247. The van der Waals surface area contributed by atoms with Crippen LogP contribution in [-0.4, -0.2) is 47.7 Å². The quantitative estimate of drug-likeness (QED) is 0.739. The van der Waals surface area contributed by atoms with Crippen LogP contribution in [0.3, 0.4) is 0 Å². The second-order valence-electron chi connectivity index (χ2n) is 5.98. The molecule has 2 aliphatic rings. The molecule has 2 fully saturated rings. The number of hydrogen-bond acceptors (Lipinski definition) is 4. The zero-order chi connectivity index (χ0) is 13.3. The Balaban J connectivity index is 2.02. The van der Waals surface area contributed by atoms with Crippen LogP contribution in [0.1, 0.15) is 39.5 Å². The van der Waals surface area contributed by atoms with E-state index in [1.807, 2.05) is 0 Å². The molecule has 0 bridgehead atoms. The van der Waals surface area contributed by atoms with Crippen molar-refractivity contribution in [3.05, 3.63) is 0 Å². The van der Waals surface area contributed by atoms with E-state index in [4.69, 9.17) is 16.2 Å². The molecule has 0 aromatic heterocycles. The van der Waals surface area contributed by atoms with Gasteiger partial charge in [-0.05, 0) is 39.5 Å². The first-order valence-corrected chi connectivity index (χ1v) is 6.89. The molecule has 0 aromatic carbocycles. The van der Waals surface area contributed by atoms with E-state index in [0.29, 0.717) is 18.9 Å². The largest absolute Gasteiger partial charge is 0.373 e. The minimum Gasteiger partial charge on any atom is -0.373 e. The fraction of sp³-hybridized carbons (Fsp3) is 0.923. The molecular weight excluding hydrogens is 230 g/mol. The van der Waals surface area contributed by atoms with Crippen LogP contribution in [0.25, 0.3) is 0 Å². The van der Waals surface area contributed by atoms with Gasteiger partial charge in [-0.25, -0.2) is 0 Å². The smallest absolute Gasteiger partial charge is 0.237 e. The van der Waals surface area contributed by atoms with Crippen molar-refractivity contribution in [1.82, 2.24) is 4.90 Å². The van der Waals surface area contributed by atoms with Crippen LogP contribution in [0.4, 0.5) is 0 Å². The van der Waals surface area contributed by atoms with Crippen molar-refractivity contribution in [3.63, 3.8) is 0 Å². The molecule has 1 saturated carbocycles. The first kappa shape index (κ1) is 13.8. The number of carbonyl (C=O) groups is 1. The van der Waals surface area contributed by atoms with E-state index in [-0.39, 0.29) is 18.1 Å². The highest BCUT2D eigenvalue weighted by atomic mass is 16.5. The molecule has 1 heterocycles. The lowest BCUT2D eigenvalue weighted by molar-refractivity contribution is -0.126. The molecule has 5 heteroatoms. The molecule has 4 unspecified atom stereocenters. The number of hydrogen-bond donors (Lipinski definition) is 2. The van der Waals surface area contributed by atoms with E-state index < -0.39 is 5.54 Å². The molecule has 1 aliphatic heterocycles. The average molecular weight is 255 g/mol. The van der Waals surface area contributed by atoms with E-state index in [2.05, 4.69) is 18.7 Å². The molecule has 1 saturated heterocycles. The summed E-state index contributed by atoms with van der Waals surface area (Å²) in [7, 11) is 0. The molecule has 18 heavy (non-hydrogen) atoms. The van der Waals surface area contributed by atoms with Crippen LogP contribution in [0.15, 0.2) is 0 Å². The fourth-order valence-electron chi connectivity index (χ4n) is 3.33. The number of primary amides is 1. The van der Waals surface area contributed by atoms with Crippen LogP contribution >= 0.6 is 0 Å². The number of carbonyl (C=O) groups excluding carboxylic acids is 1. The molecular formula is C13H25N3O2. The number of ether oxygens (including phenoxy) is 1. The van der Waals surface area contributed by atoms with E-state index in [1.54, 1.807) is 0 Å². The maximum atomic E-state index is 11.5. The summed E-state index contributed by atoms with van der Waals surface area (Å²) >= 11 is 0. The molecule has 1 aliphatic carbocycles. The van der Waals surface area contributed by atoms with Gasteiger partial charge in [0.1, 0.15) is 0 Å². The summed E-state index contributed by atoms with van der Waals surface area (Å²) in [6.07, 6.45) is 3.97. The third-order valence-electron chi connectivity index (χ3n) is 4.22. The summed E-state index contributed by atoms with van der Waals surface area (Å²) in [5.74, 6) is -0.360. The molecule has 0 aromatic rings. The number of rotatable bonds is 2. The lowest BCUT2D eigenvalue weighted by Crippen LogP contribution is -2.60. The average Bonchev–Trinajstić information content (AvgIpc) is 2.27. The SMILES string of the molecule is CC1CN(C2CCCC(N)(C(N)=O)C2)CC(C)O1. The van der Waals surface area contributed by atoms with Crippen molar-refractivity contribution >= 4 is 5.91 Å². The molecule has 104 valence electrons. The van der Waals surface area contributed by atoms with Crippen LogP contribution in [0.2, 0.25) is 0 Å². The molecule has 2 rings (SSSR count). The maximum absolute atomic E-state index is 11.5. The monoisotopic (exact) mass is 255 g/mol. The highest BCUT2D eigenvalue weighted by molar-refractivity contribution is 5.84. The minimum atomic E-state index is -0.812. The Bertz CT molecular complexity index is 313. The van der Waals surface area contributed by atoms with Gasteiger partial charge in [0.15, 0.2) is 0 Å². The Morgan fingerprint density at radius 3 is 2.50 bits per heavy atom. The summed E-state index contributed by atoms with van der Waals surface area (Å²) < 4.78 is 5.74. The zero-order valence-electron chi connectivity index (χ0n) is 11.4. The van der Waals surface area contributed by atoms with Gasteiger partial charge >= 0.3 is 0 Å². The summed E-state index contributed by atoms with van der Waals surface area (Å²) in [5.41, 5.74) is 10.8. The second-order valence-corrected chi connectivity index (χ2v) is 5.98. The molecule has 4 N–H and O–H groups in total. The van der Waals surface area contributed by atoms with E-state index in [0.717, 1.165) is 25.9 Å². The van der Waals surface area contributed by atoms with Gasteiger partial charge in [0.05, 0.1) is 17.7 Å². The molecule has 1 amide bonds. The summed E-state index contributed by atoms with van der Waals surface area (Å²) in [6, 6.07) is 0.366. The molecule has 5 nitrogen and oxygen atoms in total. The van der Waals surface area contributed by atoms with Crippen molar-refractivity contribution in [1.29, 1.82) is 0 Å². The standard InChI is InChI=1S/C13H25N3O2/c1-9-7-16(8-10(2)18-9)11-4-3-5-13(15,6-11)12(14)17/h9-11H,3-8,15H2,1-2H3,(H2,14,17). The number of amides is 1. The van der Waals surface area contributed by atoms with Gasteiger partial charge in [0.25, 0.3) is 0 Å². The van der Waals surface area contributed by atoms with Gasteiger partial charge in [0, 0.05) is 19.1 Å². The van der Waals surface area contributed by atoms with Crippen LogP contribution in [-0.2, 0) is 9.53 Å². The predicted molar refractivity (Wildman–Crippen MR) is 70.0 cm³/mol. The topological polar surface area (TPSA) is 81.6 Å². The third kappa shape index (κ3) is 2.84.